The molecular weight excluding hydrogens is 396 g/mol. The zero-order chi connectivity index (χ0) is 21.4. The first-order valence-corrected chi connectivity index (χ1v) is 10.2. The number of nitrogens with zero attached hydrogens (tertiary/aromatic N) is 5. The molecule has 1 aliphatic heterocycles. The van der Waals surface area contributed by atoms with Crippen molar-refractivity contribution in [2.45, 2.75) is 31.7 Å². The van der Waals surface area contributed by atoms with Gasteiger partial charge in [-0.3, -0.25) is 19.3 Å². The number of nitrogens with one attached hydrogen (secondary N) is 1. The van der Waals surface area contributed by atoms with Crippen molar-refractivity contribution < 1.29 is 14.4 Å². The van der Waals surface area contributed by atoms with E-state index < -0.39 is 0 Å². The number of rotatable bonds is 7. The Balaban J connectivity index is 1.14. The lowest BCUT2D eigenvalue weighted by Gasteiger charge is -2.13. The van der Waals surface area contributed by atoms with E-state index in [1.165, 1.54) is 4.90 Å². The van der Waals surface area contributed by atoms with Gasteiger partial charge in [0.1, 0.15) is 0 Å². The maximum Gasteiger partial charge on any atom is 0.261 e. The van der Waals surface area contributed by atoms with Crippen LogP contribution in [0.4, 0.5) is 5.69 Å². The highest BCUT2D eigenvalue weighted by atomic mass is 16.2. The van der Waals surface area contributed by atoms with E-state index in [1.54, 1.807) is 24.3 Å². The lowest BCUT2D eigenvalue weighted by Crippen LogP contribution is -2.31. The fraction of sp³-hybridized carbons (Fsp3) is 0.273. The molecule has 2 heterocycles. The highest BCUT2D eigenvalue weighted by Gasteiger charge is 2.34. The molecule has 0 radical (unpaired) electrons. The summed E-state index contributed by atoms with van der Waals surface area (Å²) in [5.74, 6) is -0.0521. The van der Waals surface area contributed by atoms with Crippen molar-refractivity contribution in [1.29, 1.82) is 0 Å². The zero-order valence-electron chi connectivity index (χ0n) is 16.7. The normalized spacial score (nSPS) is 15.3. The first kappa shape index (κ1) is 19.1. The van der Waals surface area contributed by atoms with Crippen molar-refractivity contribution in [2.75, 3.05) is 11.9 Å². The Bertz CT molecular complexity index is 1130. The smallest absolute Gasteiger partial charge is 0.261 e. The summed E-state index contributed by atoms with van der Waals surface area (Å²) in [5.41, 5.74) is 2.40. The second-order valence-corrected chi connectivity index (χ2v) is 7.71. The quantitative estimate of drug-likeness (QED) is 0.593. The highest BCUT2D eigenvalue weighted by molar-refractivity contribution is 6.21. The maximum atomic E-state index is 12.4. The molecule has 0 unspecified atom stereocenters. The van der Waals surface area contributed by atoms with Crippen molar-refractivity contribution in [3.05, 3.63) is 59.7 Å². The van der Waals surface area contributed by atoms with Crippen molar-refractivity contribution >= 4 is 23.4 Å². The second kappa shape index (κ2) is 7.75. The number of imide groups is 1. The van der Waals surface area contributed by atoms with Gasteiger partial charge in [-0.25, -0.2) is 4.68 Å². The van der Waals surface area contributed by atoms with Gasteiger partial charge in [0.15, 0.2) is 5.82 Å². The summed E-state index contributed by atoms with van der Waals surface area (Å²) in [6.07, 6.45) is 2.78. The Labute approximate surface area is 178 Å². The number of fused-ring (bicyclic) bond motifs is 1. The largest absolute Gasteiger partial charge is 0.326 e. The molecule has 2 aromatic carbocycles. The van der Waals surface area contributed by atoms with Crippen molar-refractivity contribution in [2.24, 2.45) is 0 Å². The number of benzene rings is 2. The van der Waals surface area contributed by atoms with E-state index in [0.29, 0.717) is 29.3 Å². The third kappa shape index (κ3) is 3.70. The molecule has 1 saturated carbocycles. The number of tetrazole rings is 1. The fourth-order valence-electron chi connectivity index (χ4n) is 3.71. The molecule has 1 N–H and O–H groups in total. The van der Waals surface area contributed by atoms with E-state index in [4.69, 9.17) is 0 Å². The van der Waals surface area contributed by atoms with Gasteiger partial charge < -0.3 is 5.32 Å². The first-order valence-electron chi connectivity index (χ1n) is 10.2. The molecule has 3 amide bonds. The lowest BCUT2D eigenvalue weighted by atomic mass is 10.1. The molecule has 9 heteroatoms. The molecule has 0 saturated heterocycles. The Morgan fingerprint density at radius 2 is 1.68 bits per heavy atom. The van der Waals surface area contributed by atoms with Crippen LogP contribution < -0.4 is 5.32 Å². The predicted octanol–water partition coefficient (Wildman–Crippen LogP) is 2.69. The average molecular weight is 416 g/mol. The Morgan fingerprint density at radius 1 is 1.00 bits per heavy atom. The van der Waals surface area contributed by atoms with Crippen LogP contribution in [0.1, 0.15) is 52.4 Å². The third-order valence-electron chi connectivity index (χ3n) is 5.48. The van der Waals surface area contributed by atoms with Crippen molar-refractivity contribution in [1.82, 2.24) is 25.1 Å². The van der Waals surface area contributed by atoms with E-state index in [1.807, 2.05) is 28.9 Å². The average Bonchev–Trinajstić information content (AvgIpc) is 3.47. The van der Waals surface area contributed by atoms with Crippen LogP contribution in [0.3, 0.4) is 0 Å². The van der Waals surface area contributed by atoms with Crippen LogP contribution in [0, 0.1) is 0 Å². The SMILES string of the molecule is O=C(CCCN1C(=O)c2ccccc2C1=O)Nc1ccc(-c2nnnn2C2CC2)cc1. The molecule has 0 spiro atoms. The molecular formula is C22H20N6O3. The molecule has 31 heavy (non-hydrogen) atoms. The van der Waals surface area contributed by atoms with Gasteiger partial charge in [0, 0.05) is 24.2 Å². The van der Waals surface area contributed by atoms with Gasteiger partial charge in [-0.2, -0.15) is 0 Å². The highest BCUT2D eigenvalue weighted by Crippen LogP contribution is 2.36. The van der Waals surface area contributed by atoms with Gasteiger partial charge in [0.2, 0.25) is 5.91 Å². The van der Waals surface area contributed by atoms with Crippen molar-refractivity contribution in [3.8, 4) is 11.4 Å². The predicted molar refractivity (Wildman–Crippen MR) is 111 cm³/mol. The van der Waals surface area contributed by atoms with Crippen molar-refractivity contribution in [3.63, 3.8) is 0 Å². The van der Waals surface area contributed by atoms with Crippen LogP contribution in [0.2, 0.25) is 0 Å². The van der Waals surface area contributed by atoms with E-state index in [0.717, 1.165) is 24.2 Å². The summed E-state index contributed by atoms with van der Waals surface area (Å²) < 4.78 is 1.84. The van der Waals surface area contributed by atoms with Gasteiger partial charge in [-0.15, -0.1) is 5.10 Å². The topological polar surface area (TPSA) is 110 Å². The number of carbonyl (C=O) groups is 3. The number of carbonyl (C=O) groups excluding carboxylic acids is 3. The number of hydrogen-bond acceptors (Lipinski definition) is 6. The Morgan fingerprint density at radius 3 is 2.32 bits per heavy atom. The molecule has 1 aliphatic carbocycles. The first-order chi connectivity index (χ1) is 15.1. The van der Waals surface area contributed by atoms with Gasteiger partial charge in [-0.1, -0.05) is 12.1 Å². The molecule has 1 aromatic heterocycles. The minimum absolute atomic E-state index is 0.174. The number of anilines is 1. The molecule has 156 valence electrons. The lowest BCUT2D eigenvalue weighted by molar-refractivity contribution is -0.116. The summed E-state index contributed by atoms with van der Waals surface area (Å²) in [7, 11) is 0. The van der Waals surface area contributed by atoms with Gasteiger partial charge in [-0.05, 0) is 66.1 Å². The monoisotopic (exact) mass is 416 g/mol. The minimum Gasteiger partial charge on any atom is -0.326 e. The summed E-state index contributed by atoms with van der Waals surface area (Å²) in [4.78, 5) is 38.2. The summed E-state index contributed by atoms with van der Waals surface area (Å²) in [6, 6.07) is 14.5. The van der Waals surface area contributed by atoms with Gasteiger partial charge >= 0.3 is 0 Å². The molecule has 0 atom stereocenters. The molecule has 2 aliphatic rings. The number of aromatic nitrogens is 4. The van der Waals surface area contributed by atoms with E-state index in [9.17, 15) is 14.4 Å². The maximum absolute atomic E-state index is 12.4. The van der Waals surface area contributed by atoms with Crippen LogP contribution >= 0.6 is 0 Å². The van der Waals surface area contributed by atoms with E-state index in [2.05, 4.69) is 20.8 Å². The van der Waals surface area contributed by atoms with E-state index in [-0.39, 0.29) is 30.7 Å². The van der Waals surface area contributed by atoms with Crippen LogP contribution in [0.25, 0.3) is 11.4 Å². The van der Waals surface area contributed by atoms with Crippen LogP contribution in [-0.2, 0) is 4.79 Å². The molecule has 0 bridgehead atoms. The summed E-state index contributed by atoms with van der Waals surface area (Å²) in [5, 5.41) is 14.8. The van der Waals surface area contributed by atoms with Crippen LogP contribution in [-0.4, -0.2) is 49.4 Å². The van der Waals surface area contributed by atoms with Crippen LogP contribution in [0.15, 0.2) is 48.5 Å². The summed E-state index contributed by atoms with van der Waals surface area (Å²) in [6.45, 7) is 0.211. The third-order valence-corrected chi connectivity index (χ3v) is 5.48. The molecule has 5 rings (SSSR count). The van der Waals surface area contributed by atoms with Gasteiger partial charge in [0.25, 0.3) is 11.8 Å². The Kier molecular flexibility index (Phi) is 4.78. The van der Waals surface area contributed by atoms with Gasteiger partial charge in [0.05, 0.1) is 17.2 Å². The molecule has 3 aromatic rings. The Hall–Kier alpha value is -3.88. The fourth-order valence-corrected chi connectivity index (χ4v) is 3.71. The number of hydrogen-bond donors (Lipinski definition) is 1. The molecule has 1 fully saturated rings. The van der Waals surface area contributed by atoms with Crippen LogP contribution in [0.5, 0.6) is 0 Å². The standard InChI is InChI=1S/C22H20N6O3/c29-19(6-3-13-27-21(30)17-4-1-2-5-18(17)22(27)31)23-15-9-7-14(8-10-15)20-24-25-26-28(20)16-11-12-16/h1-2,4-5,7-10,16H,3,6,11-13H2,(H,23,29). The second-order valence-electron chi connectivity index (χ2n) is 7.71. The minimum atomic E-state index is -0.301. The zero-order valence-corrected chi connectivity index (χ0v) is 16.7. The number of amides is 3. The summed E-state index contributed by atoms with van der Waals surface area (Å²) >= 11 is 0. The van der Waals surface area contributed by atoms with E-state index >= 15 is 0 Å². The molecule has 9 nitrogen and oxygen atoms in total.